The number of rotatable bonds is 6. The van der Waals surface area contributed by atoms with Crippen LogP contribution < -0.4 is 15.4 Å². The zero-order chi connectivity index (χ0) is 23.5. The van der Waals surface area contributed by atoms with Crippen LogP contribution >= 0.6 is 23.6 Å². The summed E-state index contributed by atoms with van der Waals surface area (Å²) in [5.74, 6) is -0.437. The van der Waals surface area contributed by atoms with E-state index < -0.39 is 16.0 Å². The first-order valence-electron chi connectivity index (χ1n) is 9.57. The molecule has 2 aromatic carbocycles. The van der Waals surface area contributed by atoms with Gasteiger partial charge < -0.3 is 15.4 Å². The molecule has 0 bridgehead atoms. The largest absolute Gasteiger partial charge is 0.465 e. The number of aryl methyl sites for hydroxylation is 2. The van der Waals surface area contributed by atoms with E-state index in [1.165, 1.54) is 30.6 Å². The highest BCUT2D eigenvalue weighted by Gasteiger charge is 2.21. The number of carbonyl (C=O) groups is 1. The minimum atomic E-state index is -3.73. The van der Waals surface area contributed by atoms with Crippen molar-refractivity contribution in [3.8, 4) is 0 Å². The van der Waals surface area contributed by atoms with Crippen LogP contribution in [0.25, 0.3) is 0 Å². The van der Waals surface area contributed by atoms with Gasteiger partial charge >= 0.3 is 5.97 Å². The van der Waals surface area contributed by atoms with Gasteiger partial charge in [-0.25, -0.2) is 13.2 Å². The average Bonchev–Trinajstić information content (AvgIpc) is 3.02. The summed E-state index contributed by atoms with van der Waals surface area (Å²) in [4.78, 5) is 13.2. The number of hydrogen-bond acceptors (Lipinski definition) is 6. The van der Waals surface area contributed by atoms with E-state index in [0.29, 0.717) is 21.9 Å². The second-order valence-electron chi connectivity index (χ2n) is 7.00. The summed E-state index contributed by atoms with van der Waals surface area (Å²) in [5.41, 5.74) is 3.24. The fourth-order valence-corrected chi connectivity index (χ4v) is 5.41. The summed E-state index contributed by atoms with van der Waals surface area (Å²) < 4.78 is 32.8. The van der Waals surface area contributed by atoms with E-state index in [0.717, 1.165) is 16.0 Å². The highest BCUT2D eigenvalue weighted by Crippen LogP contribution is 2.33. The van der Waals surface area contributed by atoms with Crippen LogP contribution in [0.4, 0.5) is 16.4 Å². The molecule has 1 aromatic heterocycles. The van der Waals surface area contributed by atoms with E-state index in [4.69, 9.17) is 17.0 Å². The van der Waals surface area contributed by atoms with Gasteiger partial charge in [0.05, 0.1) is 23.3 Å². The van der Waals surface area contributed by atoms with Gasteiger partial charge in [0.1, 0.15) is 5.00 Å². The van der Waals surface area contributed by atoms with E-state index in [1.54, 1.807) is 24.3 Å². The second-order valence-corrected chi connectivity index (χ2v) is 10.3. The Labute approximate surface area is 196 Å². The number of benzene rings is 2. The summed E-state index contributed by atoms with van der Waals surface area (Å²) in [5, 5.41) is 6.88. The monoisotopic (exact) mass is 489 g/mol. The number of carbonyl (C=O) groups excluding carboxylic acids is 1. The van der Waals surface area contributed by atoms with Crippen molar-refractivity contribution >= 4 is 61.0 Å². The maximum absolute atomic E-state index is 12.7. The number of thiophene rings is 1. The number of hydrogen-bond donors (Lipinski definition) is 3. The van der Waals surface area contributed by atoms with Crippen LogP contribution in [0.3, 0.4) is 0 Å². The minimum absolute atomic E-state index is 0.127. The fraction of sp³-hybridized carbons (Fsp3) is 0.182. The first kappa shape index (κ1) is 23.7. The van der Waals surface area contributed by atoms with Crippen molar-refractivity contribution in [2.75, 3.05) is 22.5 Å². The van der Waals surface area contributed by atoms with E-state index in [1.807, 2.05) is 32.9 Å². The Hall–Kier alpha value is -2.95. The molecule has 0 amide bonds. The molecule has 10 heteroatoms. The molecule has 0 unspecified atom stereocenters. The molecule has 0 aliphatic heterocycles. The minimum Gasteiger partial charge on any atom is -0.465 e. The Balaban J connectivity index is 1.71. The third kappa shape index (κ3) is 5.26. The van der Waals surface area contributed by atoms with Gasteiger partial charge in [-0.2, -0.15) is 0 Å². The number of methoxy groups -OCH3 is 1. The summed E-state index contributed by atoms with van der Waals surface area (Å²) >= 11 is 6.77. The number of ether oxygens (including phenoxy) is 1. The molecule has 3 rings (SSSR count). The lowest BCUT2D eigenvalue weighted by molar-refractivity contribution is 0.0601. The Bertz CT molecular complexity index is 1270. The molecule has 7 nitrogen and oxygen atoms in total. The van der Waals surface area contributed by atoms with Crippen LogP contribution in [-0.2, 0) is 14.8 Å². The Kier molecular flexibility index (Phi) is 7.17. The smallest absolute Gasteiger partial charge is 0.341 e. The number of esters is 1. The summed E-state index contributed by atoms with van der Waals surface area (Å²) in [6.07, 6.45) is 0. The molecular formula is C22H23N3O4S3. The van der Waals surface area contributed by atoms with E-state index >= 15 is 0 Å². The Morgan fingerprint density at radius 2 is 1.66 bits per heavy atom. The van der Waals surface area contributed by atoms with Crippen molar-refractivity contribution in [2.45, 2.75) is 25.7 Å². The molecular weight excluding hydrogens is 466 g/mol. The van der Waals surface area contributed by atoms with E-state index in [9.17, 15) is 13.2 Å². The third-order valence-electron chi connectivity index (χ3n) is 4.81. The van der Waals surface area contributed by atoms with Crippen molar-refractivity contribution in [3.05, 3.63) is 70.1 Å². The number of anilines is 3. The number of nitrogens with one attached hydrogen (secondary N) is 3. The summed E-state index contributed by atoms with van der Waals surface area (Å²) in [6, 6.07) is 13.4. The molecule has 32 heavy (non-hydrogen) atoms. The van der Waals surface area contributed by atoms with Gasteiger partial charge in [-0.05, 0) is 74.4 Å². The Morgan fingerprint density at radius 1 is 1.00 bits per heavy atom. The molecule has 3 aromatic rings. The SMILES string of the molecule is COC(=O)c1c(NC(=S)Nc2ccc(S(=O)(=O)Nc3ccccc3C)cc2)sc(C)c1C. The van der Waals surface area contributed by atoms with Gasteiger partial charge in [0.25, 0.3) is 10.0 Å². The third-order valence-corrected chi connectivity index (χ3v) is 7.52. The molecule has 0 radical (unpaired) electrons. The number of sulfonamides is 1. The maximum atomic E-state index is 12.7. The van der Waals surface area contributed by atoms with Gasteiger partial charge in [0.15, 0.2) is 5.11 Å². The molecule has 3 N–H and O–H groups in total. The molecule has 0 saturated carbocycles. The maximum Gasteiger partial charge on any atom is 0.341 e. The van der Waals surface area contributed by atoms with Crippen LogP contribution in [0, 0.1) is 20.8 Å². The molecule has 1 heterocycles. The lowest BCUT2D eigenvalue weighted by Crippen LogP contribution is -2.20. The molecule has 168 valence electrons. The van der Waals surface area contributed by atoms with Gasteiger partial charge in [-0.3, -0.25) is 4.72 Å². The Morgan fingerprint density at radius 3 is 2.28 bits per heavy atom. The number of thiocarbonyl (C=S) groups is 1. The predicted octanol–water partition coefficient (Wildman–Crippen LogP) is 5.07. The molecule has 0 saturated heterocycles. The molecule has 0 fully saturated rings. The van der Waals surface area contributed by atoms with Gasteiger partial charge in [0.2, 0.25) is 0 Å². The van der Waals surface area contributed by atoms with Crippen molar-refractivity contribution in [2.24, 2.45) is 0 Å². The van der Waals surface area contributed by atoms with Crippen LogP contribution in [0.5, 0.6) is 0 Å². The molecule has 0 aliphatic rings. The van der Waals surface area contributed by atoms with Crippen molar-refractivity contribution in [1.82, 2.24) is 0 Å². The molecule has 0 spiro atoms. The normalized spacial score (nSPS) is 11.0. The highest BCUT2D eigenvalue weighted by atomic mass is 32.2. The standard InChI is InChI=1S/C22H23N3O4S3/c1-13-7-5-6-8-18(13)25-32(27,28)17-11-9-16(10-12-17)23-22(30)24-20-19(21(26)29-4)14(2)15(3)31-20/h5-12,25H,1-4H3,(H2,23,24,30). The van der Waals surface area contributed by atoms with Crippen LogP contribution in [0.1, 0.15) is 26.4 Å². The molecule has 0 atom stereocenters. The zero-order valence-corrected chi connectivity index (χ0v) is 20.4. The van der Waals surface area contributed by atoms with Crippen LogP contribution in [-0.4, -0.2) is 26.6 Å². The van der Waals surface area contributed by atoms with Gasteiger partial charge in [-0.1, -0.05) is 18.2 Å². The lowest BCUT2D eigenvalue weighted by Gasteiger charge is -2.13. The quantitative estimate of drug-likeness (QED) is 0.329. The molecule has 0 aliphatic carbocycles. The van der Waals surface area contributed by atoms with E-state index in [2.05, 4.69) is 15.4 Å². The van der Waals surface area contributed by atoms with Gasteiger partial charge in [-0.15, -0.1) is 11.3 Å². The highest BCUT2D eigenvalue weighted by molar-refractivity contribution is 7.92. The topological polar surface area (TPSA) is 96.5 Å². The van der Waals surface area contributed by atoms with Crippen molar-refractivity contribution in [1.29, 1.82) is 0 Å². The zero-order valence-electron chi connectivity index (χ0n) is 18.0. The van der Waals surface area contributed by atoms with Crippen LogP contribution in [0.2, 0.25) is 0 Å². The lowest BCUT2D eigenvalue weighted by atomic mass is 10.1. The average molecular weight is 490 g/mol. The van der Waals surface area contributed by atoms with E-state index in [-0.39, 0.29) is 10.0 Å². The van der Waals surface area contributed by atoms with Gasteiger partial charge in [0, 0.05) is 10.6 Å². The predicted molar refractivity (Wildman–Crippen MR) is 133 cm³/mol. The summed E-state index contributed by atoms with van der Waals surface area (Å²) in [7, 11) is -2.39. The van der Waals surface area contributed by atoms with Crippen molar-refractivity contribution in [3.63, 3.8) is 0 Å². The number of para-hydroxylation sites is 1. The second kappa shape index (κ2) is 9.68. The van der Waals surface area contributed by atoms with Crippen molar-refractivity contribution < 1.29 is 17.9 Å². The first-order valence-corrected chi connectivity index (χ1v) is 12.3. The fourth-order valence-electron chi connectivity index (χ4n) is 2.94. The summed E-state index contributed by atoms with van der Waals surface area (Å²) in [6.45, 7) is 5.60. The first-order chi connectivity index (χ1) is 15.1. The van der Waals surface area contributed by atoms with Crippen LogP contribution in [0.15, 0.2) is 53.4 Å².